The second-order valence-electron chi connectivity index (χ2n) is 5.91. The van der Waals surface area contributed by atoms with Crippen LogP contribution in [-0.4, -0.2) is 22.0 Å². The van der Waals surface area contributed by atoms with Crippen LogP contribution in [0.4, 0.5) is 0 Å². The van der Waals surface area contributed by atoms with Crippen LogP contribution in [0.15, 0.2) is 0 Å². The lowest BCUT2D eigenvalue weighted by Crippen LogP contribution is -2.25. The molecule has 17 heavy (non-hydrogen) atoms. The molecule has 100 valence electrons. The van der Waals surface area contributed by atoms with E-state index in [4.69, 9.17) is 0 Å². The van der Waals surface area contributed by atoms with Gasteiger partial charge in [-0.05, 0) is 61.9 Å². The lowest BCUT2D eigenvalue weighted by atomic mass is 9.87. The zero-order valence-electron chi connectivity index (χ0n) is 11.5. The summed E-state index contributed by atoms with van der Waals surface area (Å²) in [5.41, 5.74) is 0. The van der Waals surface area contributed by atoms with Crippen molar-refractivity contribution in [3.63, 3.8) is 0 Å². The molecule has 0 spiro atoms. The molecular weight excluding hydrogens is 244 g/mol. The van der Waals surface area contributed by atoms with Gasteiger partial charge >= 0.3 is 0 Å². The summed E-state index contributed by atoms with van der Waals surface area (Å²) in [6.45, 7) is 4.88. The van der Waals surface area contributed by atoms with E-state index in [1.165, 1.54) is 56.5 Å². The van der Waals surface area contributed by atoms with Crippen molar-refractivity contribution in [1.82, 2.24) is 0 Å². The first-order valence-electron chi connectivity index (χ1n) is 7.52. The maximum absolute atomic E-state index is 2.52. The Bertz CT molecular complexity index is 211. The van der Waals surface area contributed by atoms with E-state index in [9.17, 15) is 0 Å². The summed E-state index contributed by atoms with van der Waals surface area (Å²) in [7, 11) is 0. The largest absolute Gasteiger partial charge is 0.162 e. The average molecular weight is 273 g/mol. The Morgan fingerprint density at radius 3 is 2.65 bits per heavy atom. The van der Waals surface area contributed by atoms with Crippen LogP contribution in [0.3, 0.4) is 0 Å². The van der Waals surface area contributed by atoms with Gasteiger partial charge in [-0.1, -0.05) is 20.3 Å². The molecule has 0 radical (unpaired) electrons. The third-order valence-corrected chi connectivity index (χ3v) is 7.54. The standard InChI is InChI=1S/C15H28S2/c1-3-14-7-4-8-15(17-14)10-12(2)13-6-5-9-16-11-13/h12-15H,3-11H2,1-2H3/t12?,13?,14-,15?/m0/s1. The molecule has 0 aromatic carbocycles. The highest BCUT2D eigenvalue weighted by atomic mass is 32.2. The average Bonchev–Trinajstić information content (AvgIpc) is 2.40. The molecule has 2 aliphatic heterocycles. The topological polar surface area (TPSA) is 0 Å². The van der Waals surface area contributed by atoms with Crippen molar-refractivity contribution in [2.24, 2.45) is 11.8 Å². The van der Waals surface area contributed by atoms with E-state index < -0.39 is 0 Å². The maximum atomic E-state index is 2.52. The molecule has 0 bridgehead atoms. The highest BCUT2D eigenvalue weighted by Gasteiger charge is 2.27. The highest BCUT2D eigenvalue weighted by molar-refractivity contribution is 8.00. The first-order valence-corrected chi connectivity index (χ1v) is 9.62. The van der Waals surface area contributed by atoms with Crippen LogP contribution in [0.1, 0.15) is 58.8 Å². The molecule has 2 saturated heterocycles. The Labute approximate surface area is 116 Å². The van der Waals surface area contributed by atoms with Gasteiger partial charge < -0.3 is 0 Å². The fraction of sp³-hybridized carbons (Fsp3) is 1.00. The van der Waals surface area contributed by atoms with E-state index >= 15 is 0 Å². The molecule has 4 atom stereocenters. The predicted molar refractivity (Wildman–Crippen MR) is 83.1 cm³/mol. The molecular formula is C15H28S2. The van der Waals surface area contributed by atoms with Gasteiger partial charge in [0.05, 0.1) is 0 Å². The van der Waals surface area contributed by atoms with Gasteiger partial charge in [-0.15, -0.1) is 0 Å². The number of thioether (sulfide) groups is 2. The molecule has 0 amide bonds. The fourth-order valence-corrected chi connectivity index (χ4v) is 6.37. The van der Waals surface area contributed by atoms with Crippen LogP contribution < -0.4 is 0 Å². The molecule has 0 aliphatic carbocycles. The van der Waals surface area contributed by atoms with Crippen molar-refractivity contribution in [2.75, 3.05) is 11.5 Å². The van der Waals surface area contributed by atoms with Gasteiger partial charge in [-0.3, -0.25) is 0 Å². The van der Waals surface area contributed by atoms with Crippen LogP contribution in [0, 0.1) is 11.8 Å². The van der Waals surface area contributed by atoms with Crippen molar-refractivity contribution >= 4 is 23.5 Å². The summed E-state index contributed by atoms with van der Waals surface area (Å²) < 4.78 is 0. The molecule has 2 heterocycles. The third-order valence-electron chi connectivity index (χ3n) is 4.53. The Morgan fingerprint density at radius 1 is 1.12 bits per heavy atom. The Hall–Kier alpha value is 0.700. The fourth-order valence-electron chi connectivity index (χ4n) is 3.28. The molecule has 2 aliphatic rings. The van der Waals surface area contributed by atoms with Gasteiger partial charge in [0.15, 0.2) is 0 Å². The predicted octanol–water partition coefficient (Wildman–Crippen LogP) is 5.22. The Kier molecular flexibility index (Phi) is 6.09. The minimum atomic E-state index is 0.968. The minimum absolute atomic E-state index is 0.968. The summed E-state index contributed by atoms with van der Waals surface area (Å²) in [5.74, 6) is 4.85. The van der Waals surface area contributed by atoms with Crippen molar-refractivity contribution in [3.05, 3.63) is 0 Å². The van der Waals surface area contributed by atoms with Crippen LogP contribution in [-0.2, 0) is 0 Å². The van der Waals surface area contributed by atoms with E-state index in [2.05, 4.69) is 37.4 Å². The molecule has 2 fully saturated rings. The Morgan fingerprint density at radius 2 is 1.94 bits per heavy atom. The molecule has 2 heteroatoms. The second-order valence-corrected chi connectivity index (χ2v) is 8.66. The van der Waals surface area contributed by atoms with Crippen LogP contribution in [0.2, 0.25) is 0 Å². The summed E-state index contributed by atoms with van der Waals surface area (Å²) in [5, 5.41) is 1.96. The van der Waals surface area contributed by atoms with Crippen molar-refractivity contribution in [2.45, 2.75) is 69.3 Å². The van der Waals surface area contributed by atoms with Crippen LogP contribution in [0.25, 0.3) is 0 Å². The Balaban J connectivity index is 1.74. The SMILES string of the molecule is CC[C@H]1CCCC(CC(C)C2CCCSC2)S1. The van der Waals surface area contributed by atoms with E-state index in [0.29, 0.717) is 0 Å². The van der Waals surface area contributed by atoms with E-state index in [-0.39, 0.29) is 0 Å². The van der Waals surface area contributed by atoms with Gasteiger partial charge in [-0.25, -0.2) is 0 Å². The maximum Gasteiger partial charge on any atom is 0.00524 e. The van der Waals surface area contributed by atoms with E-state index in [1.807, 2.05) is 0 Å². The van der Waals surface area contributed by atoms with Gasteiger partial charge in [0.1, 0.15) is 0 Å². The summed E-state index contributed by atoms with van der Waals surface area (Å²) >= 11 is 4.51. The third kappa shape index (κ3) is 4.38. The van der Waals surface area contributed by atoms with Gasteiger partial charge in [0.25, 0.3) is 0 Å². The van der Waals surface area contributed by atoms with E-state index in [1.54, 1.807) is 0 Å². The normalized spacial score (nSPS) is 36.7. The molecule has 3 unspecified atom stereocenters. The molecule has 0 aromatic heterocycles. The molecule has 0 saturated carbocycles. The molecule has 0 N–H and O–H groups in total. The zero-order valence-corrected chi connectivity index (χ0v) is 13.1. The smallest absolute Gasteiger partial charge is 0.00524 e. The van der Waals surface area contributed by atoms with Crippen molar-refractivity contribution < 1.29 is 0 Å². The summed E-state index contributed by atoms with van der Waals surface area (Å²) in [6.07, 6.45) is 10.3. The lowest BCUT2D eigenvalue weighted by molar-refractivity contribution is 0.332. The minimum Gasteiger partial charge on any atom is -0.162 e. The molecule has 0 aromatic rings. The van der Waals surface area contributed by atoms with Crippen LogP contribution in [0.5, 0.6) is 0 Å². The zero-order chi connectivity index (χ0) is 12.1. The number of rotatable bonds is 4. The summed E-state index contributed by atoms with van der Waals surface area (Å²) in [6, 6.07) is 0. The molecule has 0 nitrogen and oxygen atoms in total. The first-order chi connectivity index (χ1) is 8.29. The van der Waals surface area contributed by atoms with E-state index in [0.717, 1.165) is 22.3 Å². The van der Waals surface area contributed by atoms with Gasteiger partial charge in [0.2, 0.25) is 0 Å². The summed E-state index contributed by atoms with van der Waals surface area (Å²) in [4.78, 5) is 0. The monoisotopic (exact) mass is 272 g/mol. The quantitative estimate of drug-likeness (QED) is 0.688. The molecule has 2 rings (SSSR count). The van der Waals surface area contributed by atoms with Crippen molar-refractivity contribution in [1.29, 1.82) is 0 Å². The van der Waals surface area contributed by atoms with Gasteiger partial charge in [0, 0.05) is 10.5 Å². The second kappa shape index (κ2) is 7.33. The highest BCUT2D eigenvalue weighted by Crippen LogP contribution is 2.39. The van der Waals surface area contributed by atoms with Crippen LogP contribution >= 0.6 is 23.5 Å². The van der Waals surface area contributed by atoms with Crippen molar-refractivity contribution in [3.8, 4) is 0 Å². The number of hydrogen-bond acceptors (Lipinski definition) is 2. The van der Waals surface area contributed by atoms with Gasteiger partial charge in [-0.2, -0.15) is 23.5 Å². The first kappa shape index (κ1) is 14.1. The number of hydrogen-bond donors (Lipinski definition) is 0. The lowest BCUT2D eigenvalue weighted by Gasteiger charge is -2.33.